The Balaban J connectivity index is 2.54. The molecule has 0 saturated heterocycles. The molecule has 0 bridgehead atoms. The smallest absolute Gasteiger partial charge is 0.256 e. The van der Waals surface area contributed by atoms with Crippen LogP contribution in [0.15, 0.2) is 24.3 Å². The number of hydrogen-bond donors (Lipinski definition) is 1. The number of ether oxygens (including phenoxy) is 3. The number of rotatable bonds is 11. The zero-order chi connectivity index (χ0) is 17.1. The minimum atomic E-state index is -0.803. The van der Waals surface area contributed by atoms with Crippen molar-refractivity contribution in [2.45, 2.75) is 45.6 Å². The van der Waals surface area contributed by atoms with Crippen LogP contribution in [-0.4, -0.2) is 38.4 Å². The van der Waals surface area contributed by atoms with Gasteiger partial charge in [-0.15, -0.1) is 0 Å². The number of nitrogens with one attached hydrogen (secondary N) is 1. The van der Waals surface area contributed by atoms with Gasteiger partial charge in [0.25, 0.3) is 5.91 Å². The lowest BCUT2D eigenvalue weighted by Crippen LogP contribution is -2.41. The van der Waals surface area contributed by atoms with Gasteiger partial charge in [0.2, 0.25) is 0 Å². The van der Waals surface area contributed by atoms with E-state index in [-0.39, 0.29) is 5.91 Å². The summed E-state index contributed by atoms with van der Waals surface area (Å²) in [6.45, 7) is 7.63. The molecule has 1 rings (SSSR count). The molecule has 0 radical (unpaired) electrons. The topological polar surface area (TPSA) is 56.8 Å². The van der Waals surface area contributed by atoms with Crippen LogP contribution in [0, 0.1) is 0 Å². The molecule has 0 fully saturated rings. The fourth-order valence-electron chi connectivity index (χ4n) is 2.08. The van der Waals surface area contributed by atoms with Gasteiger partial charge < -0.3 is 19.5 Å². The van der Waals surface area contributed by atoms with Crippen LogP contribution < -0.4 is 10.1 Å². The van der Waals surface area contributed by atoms with E-state index >= 15 is 0 Å². The summed E-state index contributed by atoms with van der Waals surface area (Å²) < 4.78 is 16.2. The summed E-state index contributed by atoms with van der Waals surface area (Å²) in [6.07, 6.45) is 2.68. The fraction of sp³-hybridized carbons (Fsp3) is 0.611. The van der Waals surface area contributed by atoms with Crippen LogP contribution in [0.1, 0.15) is 40.0 Å². The number of amides is 1. The highest BCUT2D eigenvalue weighted by atomic mass is 16.5. The van der Waals surface area contributed by atoms with Crippen LogP contribution in [-0.2, 0) is 14.3 Å². The Labute approximate surface area is 139 Å². The number of unbranched alkanes of at least 4 members (excludes halogenated alkanes) is 1. The van der Waals surface area contributed by atoms with E-state index in [9.17, 15) is 4.79 Å². The van der Waals surface area contributed by atoms with Gasteiger partial charge in [-0.2, -0.15) is 0 Å². The highest BCUT2D eigenvalue weighted by molar-refractivity contribution is 5.97. The maximum atomic E-state index is 12.4. The summed E-state index contributed by atoms with van der Waals surface area (Å²) in [4.78, 5) is 12.4. The van der Waals surface area contributed by atoms with E-state index in [1.807, 2.05) is 38.1 Å². The summed E-state index contributed by atoms with van der Waals surface area (Å²) in [5, 5.41) is 2.90. The van der Waals surface area contributed by atoms with E-state index in [2.05, 4.69) is 12.2 Å². The third-order valence-corrected chi connectivity index (χ3v) is 3.75. The predicted molar refractivity (Wildman–Crippen MR) is 92.0 cm³/mol. The van der Waals surface area contributed by atoms with Gasteiger partial charge in [-0.3, -0.25) is 4.79 Å². The lowest BCUT2D eigenvalue weighted by atomic mass is 9.97. The van der Waals surface area contributed by atoms with Crippen LogP contribution >= 0.6 is 0 Å². The first-order chi connectivity index (χ1) is 11.1. The van der Waals surface area contributed by atoms with Crippen molar-refractivity contribution < 1.29 is 19.0 Å². The Morgan fingerprint density at radius 2 is 1.87 bits per heavy atom. The second-order valence-corrected chi connectivity index (χ2v) is 5.56. The molecule has 0 saturated carbocycles. The standard InChI is InChI=1S/C18H29NO4/c1-5-7-12-18(3,21-4)17(20)19-15-8-10-16(11-9-15)23-14-13-22-6-2/h8-11H,5-7,12-14H2,1-4H3,(H,19,20)/t18-/m0/s1. The van der Waals surface area contributed by atoms with Crippen molar-refractivity contribution in [1.82, 2.24) is 0 Å². The van der Waals surface area contributed by atoms with E-state index in [1.54, 1.807) is 7.11 Å². The molecule has 1 amide bonds. The zero-order valence-electron chi connectivity index (χ0n) is 14.7. The van der Waals surface area contributed by atoms with Crippen molar-refractivity contribution in [3.8, 4) is 5.75 Å². The Hall–Kier alpha value is -1.59. The van der Waals surface area contributed by atoms with Crippen molar-refractivity contribution >= 4 is 11.6 Å². The molecular weight excluding hydrogens is 294 g/mol. The van der Waals surface area contributed by atoms with Gasteiger partial charge in [0, 0.05) is 19.4 Å². The lowest BCUT2D eigenvalue weighted by Gasteiger charge is -2.26. The minimum Gasteiger partial charge on any atom is -0.491 e. The zero-order valence-corrected chi connectivity index (χ0v) is 14.7. The van der Waals surface area contributed by atoms with Gasteiger partial charge in [-0.1, -0.05) is 19.8 Å². The monoisotopic (exact) mass is 323 g/mol. The largest absolute Gasteiger partial charge is 0.491 e. The lowest BCUT2D eigenvalue weighted by molar-refractivity contribution is -0.136. The summed E-state index contributed by atoms with van der Waals surface area (Å²) in [7, 11) is 1.57. The third-order valence-electron chi connectivity index (χ3n) is 3.75. The van der Waals surface area contributed by atoms with Crippen LogP contribution in [0.4, 0.5) is 5.69 Å². The van der Waals surface area contributed by atoms with Gasteiger partial charge >= 0.3 is 0 Å². The van der Waals surface area contributed by atoms with E-state index in [4.69, 9.17) is 14.2 Å². The Bertz CT molecular complexity index is 461. The molecule has 0 aliphatic heterocycles. The average Bonchev–Trinajstić information content (AvgIpc) is 2.58. The van der Waals surface area contributed by atoms with Gasteiger partial charge in [0.05, 0.1) is 6.61 Å². The molecule has 0 heterocycles. The number of methoxy groups -OCH3 is 1. The first kappa shape index (κ1) is 19.5. The number of carbonyl (C=O) groups excluding carboxylic acids is 1. The Morgan fingerprint density at radius 1 is 1.17 bits per heavy atom. The molecule has 0 spiro atoms. The van der Waals surface area contributed by atoms with E-state index in [1.165, 1.54) is 0 Å². The quantitative estimate of drug-likeness (QED) is 0.632. The Kier molecular flexibility index (Phi) is 8.66. The van der Waals surface area contributed by atoms with Crippen LogP contribution in [0.5, 0.6) is 5.75 Å². The van der Waals surface area contributed by atoms with Crippen molar-refractivity contribution in [3.63, 3.8) is 0 Å². The van der Waals surface area contributed by atoms with Gasteiger partial charge in [-0.25, -0.2) is 0 Å². The van der Waals surface area contributed by atoms with Crippen molar-refractivity contribution in [2.24, 2.45) is 0 Å². The molecule has 0 aliphatic carbocycles. The molecule has 0 aromatic heterocycles. The first-order valence-corrected chi connectivity index (χ1v) is 8.23. The molecule has 5 nitrogen and oxygen atoms in total. The van der Waals surface area contributed by atoms with Crippen LogP contribution in [0.3, 0.4) is 0 Å². The average molecular weight is 323 g/mol. The summed E-state index contributed by atoms with van der Waals surface area (Å²) in [6, 6.07) is 7.31. The number of carbonyl (C=O) groups is 1. The molecule has 23 heavy (non-hydrogen) atoms. The van der Waals surface area contributed by atoms with E-state index in [0.29, 0.717) is 26.2 Å². The van der Waals surface area contributed by atoms with Gasteiger partial charge in [0.15, 0.2) is 0 Å². The van der Waals surface area contributed by atoms with Gasteiger partial charge in [0.1, 0.15) is 18.0 Å². The summed E-state index contributed by atoms with van der Waals surface area (Å²) in [5.41, 5.74) is -0.0743. The molecule has 5 heteroatoms. The van der Waals surface area contributed by atoms with Crippen molar-refractivity contribution in [3.05, 3.63) is 24.3 Å². The highest BCUT2D eigenvalue weighted by Crippen LogP contribution is 2.22. The third kappa shape index (κ3) is 6.59. The van der Waals surface area contributed by atoms with E-state index in [0.717, 1.165) is 24.3 Å². The molecule has 0 unspecified atom stereocenters. The van der Waals surface area contributed by atoms with Crippen molar-refractivity contribution in [1.29, 1.82) is 0 Å². The fourth-order valence-corrected chi connectivity index (χ4v) is 2.08. The molecule has 1 aromatic rings. The SMILES string of the molecule is CCCC[C@](C)(OC)C(=O)Nc1ccc(OCCOCC)cc1. The number of anilines is 1. The second kappa shape index (κ2) is 10.2. The van der Waals surface area contributed by atoms with Gasteiger partial charge in [-0.05, 0) is 44.5 Å². The Morgan fingerprint density at radius 3 is 2.43 bits per heavy atom. The highest BCUT2D eigenvalue weighted by Gasteiger charge is 2.32. The minimum absolute atomic E-state index is 0.126. The first-order valence-electron chi connectivity index (χ1n) is 8.23. The maximum absolute atomic E-state index is 12.4. The maximum Gasteiger partial charge on any atom is 0.256 e. The normalized spacial score (nSPS) is 13.4. The molecule has 1 atom stereocenters. The molecule has 1 N–H and O–H groups in total. The van der Waals surface area contributed by atoms with Crippen LogP contribution in [0.2, 0.25) is 0 Å². The van der Waals surface area contributed by atoms with E-state index < -0.39 is 5.60 Å². The molecule has 1 aromatic carbocycles. The second-order valence-electron chi connectivity index (χ2n) is 5.56. The number of benzene rings is 1. The summed E-state index contributed by atoms with van der Waals surface area (Å²) in [5.74, 6) is 0.627. The number of hydrogen-bond acceptors (Lipinski definition) is 4. The molecule has 0 aliphatic rings. The van der Waals surface area contributed by atoms with Crippen molar-refractivity contribution in [2.75, 3.05) is 32.2 Å². The summed E-state index contributed by atoms with van der Waals surface area (Å²) >= 11 is 0. The predicted octanol–water partition coefficient (Wildman–Crippen LogP) is 3.64. The molecular formula is C18H29NO4. The molecule has 130 valence electrons. The van der Waals surface area contributed by atoms with Crippen LogP contribution in [0.25, 0.3) is 0 Å².